The fourth-order valence-electron chi connectivity index (χ4n) is 3.80. The van der Waals surface area contributed by atoms with Crippen molar-refractivity contribution < 1.29 is 13.9 Å². The molecule has 1 heterocycles. The second-order valence-corrected chi connectivity index (χ2v) is 13.5. The lowest BCUT2D eigenvalue weighted by molar-refractivity contribution is -0.162. The van der Waals surface area contributed by atoms with Crippen LogP contribution in [0.25, 0.3) is 0 Å². The number of ether oxygens (including phenoxy) is 1. The Morgan fingerprint density at radius 3 is 2.27 bits per heavy atom. The lowest BCUT2D eigenvalue weighted by Crippen LogP contribution is -2.54. The fourth-order valence-corrected chi connectivity index (χ4v) is 5.16. The largest absolute Gasteiger partial charge is 0.394 e. The zero-order valence-electron chi connectivity index (χ0n) is 22.0. The molecule has 0 spiro atoms. The van der Waals surface area contributed by atoms with E-state index in [1.165, 1.54) is 6.07 Å². The summed E-state index contributed by atoms with van der Waals surface area (Å²) in [5.74, 6) is 0.961. The van der Waals surface area contributed by atoms with Gasteiger partial charge in [0.2, 0.25) is 0 Å². The summed E-state index contributed by atoms with van der Waals surface area (Å²) in [5, 5.41) is 0.890. The monoisotopic (exact) mass is 586 g/mol. The highest BCUT2D eigenvalue weighted by molar-refractivity contribution is 8.00. The van der Waals surface area contributed by atoms with Crippen LogP contribution in [0, 0.1) is 11.7 Å². The predicted molar refractivity (Wildman–Crippen MR) is 159 cm³/mol. The van der Waals surface area contributed by atoms with E-state index in [0.717, 1.165) is 29.2 Å². The number of benzene rings is 2. The molecule has 204 valence electrons. The Kier molecular flexibility index (Phi) is 12.6. The molecule has 1 saturated carbocycles. The SMILES string of the molecule is CC(N)=S.CC1OC[C@@H](c2ccc(Cl)c(F)c2)N(C(CSC(C)(C)C)C2CC2)C1=O.Clc1ccccc1. The van der Waals surface area contributed by atoms with Crippen LogP contribution in [0.3, 0.4) is 0 Å². The van der Waals surface area contributed by atoms with Crippen molar-refractivity contribution in [1.29, 1.82) is 0 Å². The molecule has 1 amide bonds. The maximum absolute atomic E-state index is 14.0. The lowest BCUT2D eigenvalue weighted by atomic mass is 9.99. The van der Waals surface area contributed by atoms with Crippen molar-refractivity contribution in [2.45, 2.75) is 70.4 Å². The summed E-state index contributed by atoms with van der Waals surface area (Å²) < 4.78 is 19.9. The second-order valence-electron chi connectivity index (χ2n) is 10.1. The lowest BCUT2D eigenvalue weighted by Gasteiger charge is -2.44. The molecule has 2 aromatic carbocycles. The van der Waals surface area contributed by atoms with Crippen molar-refractivity contribution >= 4 is 58.1 Å². The van der Waals surface area contributed by atoms with Gasteiger partial charge in [0.1, 0.15) is 11.9 Å². The van der Waals surface area contributed by atoms with Gasteiger partial charge >= 0.3 is 0 Å². The van der Waals surface area contributed by atoms with Crippen molar-refractivity contribution in [3.63, 3.8) is 0 Å². The van der Waals surface area contributed by atoms with E-state index < -0.39 is 11.9 Å². The molecule has 9 heteroatoms. The van der Waals surface area contributed by atoms with Crippen LogP contribution in [0.5, 0.6) is 0 Å². The average Bonchev–Trinajstić information content (AvgIpc) is 3.64. The highest BCUT2D eigenvalue weighted by Gasteiger charge is 2.45. The highest BCUT2D eigenvalue weighted by atomic mass is 35.5. The molecule has 1 saturated heterocycles. The molecule has 1 aliphatic carbocycles. The number of carbonyl (C=O) groups is 1. The molecule has 2 aromatic rings. The molecule has 0 aromatic heterocycles. The molecule has 3 atom stereocenters. The number of nitrogens with zero attached hydrogens (tertiary/aromatic N) is 1. The summed E-state index contributed by atoms with van der Waals surface area (Å²) in [6.45, 7) is 10.4. The van der Waals surface area contributed by atoms with Gasteiger partial charge in [-0.15, -0.1) is 0 Å². The van der Waals surface area contributed by atoms with Crippen LogP contribution in [0.2, 0.25) is 10.0 Å². The van der Waals surface area contributed by atoms with Crippen LogP contribution in [-0.2, 0) is 9.53 Å². The summed E-state index contributed by atoms with van der Waals surface area (Å²) >= 11 is 17.6. The van der Waals surface area contributed by atoms with Crippen LogP contribution >= 0.6 is 47.2 Å². The van der Waals surface area contributed by atoms with Crippen LogP contribution in [-0.4, -0.2) is 45.0 Å². The van der Waals surface area contributed by atoms with E-state index in [1.807, 2.05) is 47.0 Å². The first kappa shape index (κ1) is 31.8. The molecule has 1 aliphatic heterocycles. The average molecular weight is 588 g/mol. The number of hydrogen-bond acceptors (Lipinski definition) is 4. The highest BCUT2D eigenvalue weighted by Crippen LogP contribution is 2.43. The van der Waals surface area contributed by atoms with Gasteiger partial charge in [0, 0.05) is 21.6 Å². The van der Waals surface area contributed by atoms with Crippen LogP contribution in [0.4, 0.5) is 4.39 Å². The van der Waals surface area contributed by atoms with Crippen molar-refractivity contribution in [2.75, 3.05) is 12.4 Å². The second kappa shape index (κ2) is 14.7. The van der Waals surface area contributed by atoms with Crippen molar-refractivity contribution in [1.82, 2.24) is 4.90 Å². The number of rotatable bonds is 5. The maximum atomic E-state index is 14.0. The Bertz CT molecular complexity index is 1030. The van der Waals surface area contributed by atoms with Crippen LogP contribution in [0.15, 0.2) is 48.5 Å². The summed E-state index contributed by atoms with van der Waals surface area (Å²) in [5.41, 5.74) is 5.59. The van der Waals surface area contributed by atoms with Crippen molar-refractivity contribution in [2.24, 2.45) is 11.7 Å². The first-order valence-electron chi connectivity index (χ1n) is 12.3. The Morgan fingerprint density at radius 2 is 1.81 bits per heavy atom. The summed E-state index contributed by atoms with van der Waals surface area (Å²) in [6.07, 6.45) is 1.84. The molecule has 2 fully saturated rings. The molecule has 0 radical (unpaired) electrons. The maximum Gasteiger partial charge on any atom is 0.252 e. The minimum atomic E-state index is -0.456. The van der Waals surface area contributed by atoms with Crippen molar-refractivity contribution in [3.8, 4) is 0 Å². The standard InChI is InChI=1S/C20H27ClFNO2S.C6H5Cl.C2H5NS/c1-12-19(24)23(18(13-5-6-13)11-26-20(2,3)4)17(10-25-12)14-7-8-15(21)16(22)9-14;7-6-4-2-1-3-5-6;1-2(3)4/h7-9,12-13,17-18H,5-6,10-11H2,1-4H3;1-5H;1H3,(H2,3,4)/t12?,17-,18?;;/m0../s1. The van der Waals surface area contributed by atoms with E-state index in [2.05, 4.69) is 33.0 Å². The molecular weight excluding hydrogens is 550 g/mol. The summed E-state index contributed by atoms with van der Waals surface area (Å²) in [4.78, 5) is 15.5. The minimum Gasteiger partial charge on any atom is -0.394 e. The van der Waals surface area contributed by atoms with Gasteiger partial charge in [-0.3, -0.25) is 4.79 Å². The van der Waals surface area contributed by atoms with Gasteiger partial charge in [-0.25, -0.2) is 4.39 Å². The minimum absolute atomic E-state index is 0.00279. The number of halogens is 3. The first-order valence-corrected chi connectivity index (χ1v) is 14.4. The summed E-state index contributed by atoms with van der Waals surface area (Å²) in [7, 11) is 0. The number of nitrogens with two attached hydrogens (primary N) is 1. The molecule has 37 heavy (non-hydrogen) atoms. The predicted octanol–water partition coefficient (Wildman–Crippen LogP) is 7.71. The van der Waals surface area contributed by atoms with Gasteiger partial charge in [0.05, 0.1) is 22.7 Å². The van der Waals surface area contributed by atoms with E-state index in [-0.39, 0.29) is 27.8 Å². The van der Waals surface area contributed by atoms with Gasteiger partial charge in [0.25, 0.3) is 5.91 Å². The third kappa shape index (κ3) is 11.1. The van der Waals surface area contributed by atoms with Gasteiger partial charge < -0.3 is 15.4 Å². The quantitative estimate of drug-likeness (QED) is 0.363. The normalized spacial score (nSPS) is 20.2. The van der Waals surface area contributed by atoms with Gasteiger partial charge in [0.15, 0.2) is 0 Å². The Labute approximate surface area is 240 Å². The van der Waals surface area contributed by atoms with Gasteiger partial charge in [-0.2, -0.15) is 11.8 Å². The number of thiocarbonyl (C=S) groups is 1. The van der Waals surface area contributed by atoms with E-state index in [9.17, 15) is 9.18 Å². The molecule has 4 nitrogen and oxygen atoms in total. The molecule has 2 aliphatic rings. The number of hydrogen-bond donors (Lipinski definition) is 1. The van der Waals surface area contributed by atoms with E-state index in [1.54, 1.807) is 26.0 Å². The first-order chi connectivity index (χ1) is 17.3. The van der Waals surface area contributed by atoms with E-state index >= 15 is 0 Å². The fraction of sp³-hybridized carbons (Fsp3) is 0.500. The van der Waals surface area contributed by atoms with Gasteiger partial charge in [-0.1, -0.05) is 80.5 Å². The van der Waals surface area contributed by atoms with Crippen LogP contribution in [0.1, 0.15) is 59.1 Å². The van der Waals surface area contributed by atoms with E-state index in [4.69, 9.17) is 33.7 Å². The number of amides is 1. The zero-order valence-corrected chi connectivity index (χ0v) is 25.2. The van der Waals surface area contributed by atoms with Crippen molar-refractivity contribution in [3.05, 3.63) is 70.0 Å². The molecule has 2 unspecified atom stereocenters. The summed E-state index contributed by atoms with van der Waals surface area (Å²) in [6, 6.07) is 14.1. The third-order valence-corrected chi connectivity index (χ3v) is 7.65. The molecular formula is C28H37Cl2FN2O2S2. The molecule has 2 N–H and O–H groups in total. The third-order valence-electron chi connectivity index (χ3n) is 5.71. The Morgan fingerprint density at radius 1 is 1.22 bits per heavy atom. The number of carbonyl (C=O) groups excluding carboxylic acids is 1. The van der Waals surface area contributed by atoms with Crippen LogP contribution < -0.4 is 5.73 Å². The van der Waals surface area contributed by atoms with E-state index in [0.29, 0.717) is 17.5 Å². The topological polar surface area (TPSA) is 55.6 Å². The Hall–Kier alpha value is -1.38. The number of thioether (sulfide) groups is 1. The molecule has 0 bridgehead atoms. The van der Waals surface area contributed by atoms with Gasteiger partial charge in [-0.05, 0) is 62.4 Å². The Balaban J connectivity index is 0.000000363. The zero-order chi connectivity index (χ0) is 27.8. The molecule has 4 rings (SSSR count). The smallest absolute Gasteiger partial charge is 0.252 e. The number of morpholine rings is 1.